The molecule has 0 aliphatic rings. The topological polar surface area (TPSA) is 52.3 Å². The van der Waals surface area contributed by atoms with Crippen molar-refractivity contribution in [3.63, 3.8) is 0 Å². The minimum atomic E-state index is -0.423. The van der Waals surface area contributed by atoms with Crippen molar-refractivity contribution in [2.24, 2.45) is 5.73 Å². The molecule has 0 aliphatic heterocycles. The Kier molecular flexibility index (Phi) is 3.80. The van der Waals surface area contributed by atoms with Gasteiger partial charge in [-0.05, 0) is 18.6 Å². The summed E-state index contributed by atoms with van der Waals surface area (Å²) in [7, 11) is 1.45. The van der Waals surface area contributed by atoms with Crippen molar-refractivity contribution >= 4 is 5.78 Å². The molecule has 0 unspecified atom stereocenters. The van der Waals surface area contributed by atoms with Crippen LogP contribution >= 0.6 is 0 Å². The molecule has 1 aromatic rings. The quantitative estimate of drug-likeness (QED) is 0.768. The maximum Gasteiger partial charge on any atom is 0.176 e. The Hall–Kier alpha value is -1.42. The molecule has 1 rings (SSSR count). The molecular formula is C11H14FNO2. The summed E-state index contributed by atoms with van der Waals surface area (Å²) in [6.45, 7) is 1.69. The van der Waals surface area contributed by atoms with Crippen LogP contribution in [0.25, 0.3) is 0 Å². The monoisotopic (exact) mass is 211 g/mol. The third-order valence-corrected chi connectivity index (χ3v) is 2.24. The molecule has 1 aromatic carbocycles. The number of ether oxygens (including phenoxy) is 1. The summed E-state index contributed by atoms with van der Waals surface area (Å²) >= 11 is 0. The number of carbonyl (C=O) groups is 1. The van der Waals surface area contributed by atoms with E-state index >= 15 is 0 Å². The van der Waals surface area contributed by atoms with E-state index in [1.165, 1.54) is 19.2 Å². The fourth-order valence-electron chi connectivity index (χ4n) is 1.42. The van der Waals surface area contributed by atoms with Crippen LogP contribution in [0, 0.1) is 5.82 Å². The number of hydrogen-bond donors (Lipinski definition) is 1. The summed E-state index contributed by atoms with van der Waals surface area (Å²) < 4.78 is 18.5. The van der Waals surface area contributed by atoms with Crippen molar-refractivity contribution in [1.29, 1.82) is 0 Å². The third-order valence-electron chi connectivity index (χ3n) is 2.24. The molecule has 4 heteroatoms. The Morgan fingerprint density at radius 3 is 2.67 bits per heavy atom. The molecule has 0 atom stereocenters. The van der Waals surface area contributed by atoms with Gasteiger partial charge >= 0.3 is 0 Å². The van der Waals surface area contributed by atoms with E-state index in [-0.39, 0.29) is 17.9 Å². The SMILES string of the molecule is CCc1c(F)cc(C(=O)CN)cc1OC. The fraction of sp³-hybridized carbons (Fsp3) is 0.364. The van der Waals surface area contributed by atoms with Crippen LogP contribution in [0.2, 0.25) is 0 Å². The summed E-state index contributed by atoms with van der Waals surface area (Å²) in [6, 6.07) is 2.73. The van der Waals surface area contributed by atoms with Gasteiger partial charge in [0, 0.05) is 11.1 Å². The molecule has 0 radical (unpaired) electrons. The molecule has 0 fully saturated rings. The van der Waals surface area contributed by atoms with Gasteiger partial charge in [0.2, 0.25) is 0 Å². The van der Waals surface area contributed by atoms with Gasteiger partial charge in [-0.25, -0.2) is 4.39 Å². The number of carbonyl (C=O) groups excluding carboxylic acids is 1. The van der Waals surface area contributed by atoms with Crippen LogP contribution in [0.1, 0.15) is 22.8 Å². The normalized spacial score (nSPS) is 10.1. The minimum Gasteiger partial charge on any atom is -0.496 e. The van der Waals surface area contributed by atoms with E-state index in [1.54, 1.807) is 0 Å². The van der Waals surface area contributed by atoms with Crippen LogP contribution < -0.4 is 10.5 Å². The first-order valence-corrected chi connectivity index (χ1v) is 4.73. The Morgan fingerprint density at radius 2 is 2.20 bits per heavy atom. The van der Waals surface area contributed by atoms with E-state index in [4.69, 9.17) is 10.5 Å². The van der Waals surface area contributed by atoms with Crippen molar-refractivity contribution in [2.45, 2.75) is 13.3 Å². The van der Waals surface area contributed by atoms with Gasteiger partial charge in [-0.2, -0.15) is 0 Å². The number of hydrogen-bond acceptors (Lipinski definition) is 3. The Bertz CT molecular complexity index is 377. The summed E-state index contributed by atoms with van der Waals surface area (Å²) in [4.78, 5) is 11.3. The molecule has 3 nitrogen and oxygen atoms in total. The van der Waals surface area contributed by atoms with Crippen molar-refractivity contribution in [2.75, 3.05) is 13.7 Å². The van der Waals surface area contributed by atoms with Crippen LogP contribution in [0.3, 0.4) is 0 Å². The van der Waals surface area contributed by atoms with Gasteiger partial charge in [0.05, 0.1) is 13.7 Å². The van der Waals surface area contributed by atoms with Gasteiger partial charge in [0.1, 0.15) is 11.6 Å². The molecule has 15 heavy (non-hydrogen) atoms. The van der Waals surface area contributed by atoms with Gasteiger partial charge < -0.3 is 10.5 Å². The predicted molar refractivity (Wildman–Crippen MR) is 55.7 cm³/mol. The highest BCUT2D eigenvalue weighted by Gasteiger charge is 2.13. The molecule has 0 saturated carbocycles. The number of methoxy groups -OCH3 is 1. The van der Waals surface area contributed by atoms with E-state index in [2.05, 4.69) is 0 Å². The van der Waals surface area contributed by atoms with E-state index in [0.717, 1.165) is 0 Å². The average molecular weight is 211 g/mol. The third kappa shape index (κ3) is 2.33. The van der Waals surface area contributed by atoms with E-state index in [9.17, 15) is 9.18 Å². The zero-order chi connectivity index (χ0) is 11.4. The summed E-state index contributed by atoms with van der Waals surface area (Å²) in [6.07, 6.45) is 0.520. The van der Waals surface area contributed by atoms with Gasteiger partial charge in [-0.1, -0.05) is 6.92 Å². The molecule has 0 aromatic heterocycles. The van der Waals surface area contributed by atoms with E-state index in [0.29, 0.717) is 17.7 Å². The second-order valence-corrected chi connectivity index (χ2v) is 3.12. The minimum absolute atomic E-state index is 0.131. The summed E-state index contributed by atoms with van der Waals surface area (Å²) in [5.74, 6) is -0.321. The molecule has 82 valence electrons. The Morgan fingerprint density at radius 1 is 1.53 bits per heavy atom. The highest BCUT2D eigenvalue weighted by molar-refractivity contribution is 5.98. The predicted octanol–water partition coefficient (Wildman–Crippen LogP) is 1.54. The van der Waals surface area contributed by atoms with E-state index in [1.807, 2.05) is 6.92 Å². The summed E-state index contributed by atoms with van der Waals surface area (Å²) in [5.41, 5.74) is 5.94. The molecule has 0 amide bonds. The molecule has 0 aliphatic carbocycles. The van der Waals surface area contributed by atoms with Crippen LogP contribution in [0.4, 0.5) is 4.39 Å². The molecule has 0 heterocycles. The number of Topliss-reactive ketones (excluding diaryl/α,β-unsaturated/α-hetero) is 1. The van der Waals surface area contributed by atoms with Gasteiger partial charge in [0.15, 0.2) is 5.78 Å². The molecular weight excluding hydrogens is 197 g/mol. The molecule has 2 N–H and O–H groups in total. The number of benzene rings is 1. The lowest BCUT2D eigenvalue weighted by Gasteiger charge is -2.09. The van der Waals surface area contributed by atoms with Crippen LogP contribution in [-0.4, -0.2) is 19.4 Å². The lowest BCUT2D eigenvalue weighted by Crippen LogP contribution is -2.14. The van der Waals surface area contributed by atoms with Crippen molar-refractivity contribution < 1.29 is 13.9 Å². The van der Waals surface area contributed by atoms with Crippen molar-refractivity contribution in [3.05, 3.63) is 29.1 Å². The van der Waals surface area contributed by atoms with E-state index < -0.39 is 5.82 Å². The Labute approximate surface area is 88.0 Å². The second-order valence-electron chi connectivity index (χ2n) is 3.12. The van der Waals surface area contributed by atoms with Gasteiger partial charge in [0.25, 0.3) is 0 Å². The lowest BCUT2D eigenvalue weighted by molar-refractivity contribution is 0.100. The van der Waals surface area contributed by atoms with Gasteiger partial charge in [-0.15, -0.1) is 0 Å². The van der Waals surface area contributed by atoms with Crippen molar-refractivity contribution in [1.82, 2.24) is 0 Å². The maximum atomic E-state index is 13.5. The first-order valence-electron chi connectivity index (χ1n) is 4.73. The first kappa shape index (κ1) is 11.7. The smallest absolute Gasteiger partial charge is 0.176 e. The van der Waals surface area contributed by atoms with Gasteiger partial charge in [-0.3, -0.25) is 4.79 Å². The fourth-order valence-corrected chi connectivity index (χ4v) is 1.42. The summed E-state index contributed by atoms with van der Waals surface area (Å²) in [5, 5.41) is 0. The van der Waals surface area contributed by atoms with Crippen LogP contribution in [0.15, 0.2) is 12.1 Å². The number of ketones is 1. The highest BCUT2D eigenvalue weighted by atomic mass is 19.1. The largest absolute Gasteiger partial charge is 0.496 e. The highest BCUT2D eigenvalue weighted by Crippen LogP contribution is 2.24. The molecule has 0 bridgehead atoms. The zero-order valence-corrected chi connectivity index (χ0v) is 8.84. The average Bonchev–Trinajstić information content (AvgIpc) is 2.26. The molecule has 0 saturated heterocycles. The standard InChI is InChI=1S/C11H14FNO2/c1-3-8-9(12)4-7(10(14)6-13)5-11(8)15-2/h4-5H,3,6,13H2,1-2H3. The van der Waals surface area contributed by atoms with Crippen molar-refractivity contribution in [3.8, 4) is 5.75 Å². The molecule has 0 spiro atoms. The zero-order valence-electron chi connectivity index (χ0n) is 8.84. The Balaban J connectivity index is 3.25. The number of rotatable bonds is 4. The number of halogens is 1. The lowest BCUT2D eigenvalue weighted by atomic mass is 10.0. The van der Waals surface area contributed by atoms with Crippen LogP contribution in [0.5, 0.6) is 5.75 Å². The second kappa shape index (κ2) is 4.89. The first-order chi connectivity index (χ1) is 7.13. The maximum absolute atomic E-state index is 13.5. The number of nitrogens with two attached hydrogens (primary N) is 1. The van der Waals surface area contributed by atoms with Crippen LogP contribution in [-0.2, 0) is 6.42 Å².